The van der Waals surface area contributed by atoms with Crippen molar-refractivity contribution < 1.29 is 14.6 Å². The average molecular weight is 389 g/mol. The quantitative estimate of drug-likeness (QED) is 0.780. The van der Waals surface area contributed by atoms with Crippen LogP contribution in [0.4, 0.5) is 0 Å². The molecular weight excluding hydrogens is 377 g/mol. The van der Waals surface area contributed by atoms with Crippen LogP contribution in [0.1, 0.15) is 18.0 Å². The Balaban J connectivity index is 0.00000256. The zero-order valence-electron chi connectivity index (χ0n) is 8.94. The van der Waals surface area contributed by atoms with Crippen LogP contribution in [0.5, 0.6) is 5.75 Å². The number of benzene rings is 1. The van der Waals surface area contributed by atoms with Crippen LogP contribution in [0.15, 0.2) is 21.1 Å². The molecule has 1 aromatic rings. The van der Waals surface area contributed by atoms with E-state index in [0.29, 0.717) is 14.5 Å². The van der Waals surface area contributed by atoms with Gasteiger partial charge in [0.2, 0.25) is 0 Å². The Hall–Kier alpha value is -0.300. The molecule has 0 amide bonds. The molecule has 96 valence electrons. The smallest absolute Gasteiger partial charge is 0.307 e. The molecule has 0 aliphatic rings. The summed E-state index contributed by atoms with van der Waals surface area (Å²) in [7, 11) is 1.30. The Labute approximate surface area is 122 Å². The first-order valence-corrected chi connectivity index (χ1v) is 6.05. The van der Waals surface area contributed by atoms with Gasteiger partial charge in [-0.1, -0.05) is 15.9 Å². The molecule has 0 aliphatic carbocycles. The van der Waals surface area contributed by atoms with E-state index in [1.54, 1.807) is 12.1 Å². The summed E-state index contributed by atoms with van der Waals surface area (Å²) in [5.74, 6) is -0.385. The minimum atomic E-state index is -0.612. The Morgan fingerprint density at radius 2 is 2.00 bits per heavy atom. The van der Waals surface area contributed by atoms with Crippen molar-refractivity contribution in [1.29, 1.82) is 0 Å². The van der Waals surface area contributed by atoms with Crippen molar-refractivity contribution in [3.05, 3.63) is 26.6 Å². The van der Waals surface area contributed by atoms with Crippen molar-refractivity contribution >= 4 is 50.2 Å². The zero-order valence-corrected chi connectivity index (χ0v) is 12.9. The van der Waals surface area contributed by atoms with Crippen LogP contribution in [0, 0.1) is 0 Å². The molecule has 0 saturated carbocycles. The molecule has 1 rings (SSSR count). The topological polar surface area (TPSA) is 72.5 Å². The second kappa shape index (κ2) is 7.20. The van der Waals surface area contributed by atoms with Crippen molar-refractivity contribution in [2.24, 2.45) is 5.73 Å². The molecule has 0 heterocycles. The van der Waals surface area contributed by atoms with Crippen molar-refractivity contribution in [2.45, 2.75) is 12.5 Å². The summed E-state index contributed by atoms with van der Waals surface area (Å²) in [4.78, 5) is 11.1. The van der Waals surface area contributed by atoms with Crippen LogP contribution in [0.25, 0.3) is 0 Å². The summed E-state index contributed by atoms with van der Waals surface area (Å²) in [5.41, 5.74) is 6.32. The first kappa shape index (κ1) is 16.7. The first-order chi connectivity index (χ1) is 7.47. The summed E-state index contributed by atoms with van der Waals surface area (Å²) < 4.78 is 5.72. The summed E-state index contributed by atoms with van der Waals surface area (Å²) in [6.07, 6.45) is 0.0130. The Bertz CT molecular complexity index is 415. The monoisotopic (exact) mass is 387 g/mol. The van der Waals surface area contributed by atoms with Gasteiger partial charge >= 0.3 is 5.97 Å². The van der Waals surface area contributed by atoms with Gasteiger partial charge in [-0.3, -0.25) is 4.79 Å². The molecule has 0 fully saturated rings. The number of phenolic OH excluding ortho intramolecular Hbond substituents is 1. The van der Waals surface area contributed by atoms with Crippen LogP contribution in [0.2, 0.25) is 0 Å². The van der Waals surface area contributed by atoms with Crippen LogP contribution >= 0.6 is 44.3 Å². The minimum Gasteiger partial charge on any atom is -0.506 e. The van der Waals surface area contributed by atoms with Gasteiger partial charge in [-0.25, -0.2) is 0 Å². The van der Waals surface area contributed by atoms with Crippen LogP contribution in [-0.4, -0.2) is 18.2 Å². The third-order valence-electron chi connectivity index (χ3n) is 2.10. The standard InChI is InChI=1S/C10H11Br2NO3.ClH/c1-16-8(14)4-7(13)9-5(11)2-3-6(12)10(9)15;/h2-3,7,15H,4,13H2,1H3;1H/t7-;/m0./s1. The van der Waals surface area contributed by atoms with E-state index in [1.165, 1.54) is 7.11 Å². The lowest BCUT2D eigenvalue weighted by Crippen LogP contribution is -2.17. The summed E-state index contributed by atoms with van der Waals surface area (Å²) in [6.45, 7) is 0. The number of rotatable bonds is 3. The summed E-state index contributed by atoms with van der Waals surface area (Å²) in [6, 6.07) is 2.82. The highest BCUT2D eigenvalue weighted by Gasteiger charge is 2.19. The Morgan fingerprint density at radius 1 is 1.47 bits per heavy atom. The van der Waals surface area contributed by atoms with E-state index in [0.717, 1.165) is 0 Å². The fourth-order valence-corrected chi connectivity index (χ4v) is 2.23. The number of phenols is 1. The number of carbonyl (C=O) groups excluding carboxylic acids is 1. The van der Waals surface area contributed by atoms with Crippen LogP contribution < -0.4 is 5.73 Å². The van der Waals surface area contributed by atoms with Gasteiger partial charge in [0, 0.05) is 16.1 Å². The number of esters is 1. The zero-order chi connectivity index (χ0) is 12.3. The Morgan fingerprint density at radius 3 is 2.53 bits per heavy atom. The molecule has 0 unspecified atom stereocenters. The molecule has 0 radical (unpaired) electrons. The van der Waals surface area contributed by atoms with E-state index < -0.39 is 12.0 Å². The van der Waals surface area contributed by atoms with Gasteiger partial charge in [-0.2, -0.15) is 0 Å². The molecular formula is C10H12Br2ClNO3. The van der Waals surface area contributed by atoms with Crippen LogP contribution in [0.3, 0.4) is 0 Å². The molecule has 0 aliphatic heterocycles. The maximum atomic E-state index is 11.1. The van der Waals surface area contributed by atoms with E-state index in [1.807, 2.05) is 0 Å². The molecule has 1 aromatic carbocycles. The SMILES string of the molecule is COC(=O)C[C@H](N)c1c(Br)ccc(Br)c1O.Cl. The lowest BCUT2D eigenvalue weighted by atomic mass is 10.0. The highest BCUT2D eigenvalue weighted by atomic mass is 79.9. The van der Waals surface area contributed by atoms with Gasteiger partial charge in [0.1, 0.15) is 5.75 Å². The second-order valence-corrected chi connectivity index (χ2v) is 4.89. The molecule has 1 atom stereocenters. The number of aromatic hydroxyl groups is 1. The fourth-order valence-electron chi connectivity index (χ4n) is 1.27. The van der Waals surface area contributed by atoms with Crippen molar-refractivity contribution in [2.75, 3.05) is 7.11 Å². The highest BCUT2D eigenvalue weighted by molar-refractivity contribution is 9.11. The molecule has 7 heteroatoms. The molecule has 3 N–H and O–H groups in total. The van der Waals surface area contributed by atoms with Gasteiger partial charge in [0.15, 0.2) is 0 Å². The van der Waals surface area contributed by atoms with Crippen LogP contribution in [-0.2, 0) is 9.53 Å². The number of ether oxygens (including phenoxy) is 1. The summed E-state index contributed by atoms with van der Waals surface area (Å²) in [5, 5.41) is 9.83. The van der Waals surface area contributed by atoms with E-state index in [4.69, 9.17) is 5.73 Å². The third kappa shape index (κ3) is 4.13. The summed E-state index contributed by atoms with van der Waals surface area (Å²) >= 11 is 6.47. The fraction of sp³-hybridized carbons (Fsp3) is 0.300. The first-order valence-electron chi connectivity index (χ1n) is 4.46. The van der Waals surface area contributed by atoms with Gasteiger partial charge < -0.3 is 15.6 Å². The van der Waals surface area contributed by atoms with E-state index in [2.05, 4.69) is 36.6 Å². The van der Waals surface area contributed by atoms with E-state index in [9.17, 15) is 9.90 Å². The molecule has 4 nitrogen and oxygen atoms in total. The van der Waals surface area contributed by atoms with Gasteiger partial charge in [0.25, 0.3) is 0 Å². The predicted octanol–water partition coefficient (Wildman–Crippen LogP) is 2.90. The van der Waals surface area contributed by atoms with Crippen molar-refractivity contribution in [1.82, 2.24) is 0 Å². The molecule has 17 heavy (non-hydrogen) atoms. The van der Waals surface area contributed by atoms with Gasteiger partial charge in [-0.05, 0) is 28.1 Å². The maximum absolute atomic E-state index is 11.1. The number of methoxy groups -OCH3 is 1. The predicted molar refractivity (Wildman–Crippen MR) is 74.3 cm³/mol. The average Bonchev–Trinajstić information content (AvgIpc) is 2.24. The van der Waals surface area contributed by atoms with E-state index >= 15 is 0 Å². The second-order valence-electron chi connectivity index (χ2n) is 3.18. The van der Waals surface area contributed by atoms with E-state index in [-0.39, 0.29) is 24.6 Å². The molecule has 0 saturated heterocycles. The van der Waals surface area contributed by atoms with Gasteiger partial charge in [0.05, 0.1) is 18.0 Å². The Kier molecular flexibility index (Phi) is 7.08. The molecule has 0 aromatic heterocycles. The van der Waals surface area contributed by atoms with Crippen molar-refractivity contribution in [3.63, 3.8) is 0 Å². The maximum Gasteiger partial charge on any atom is 0.307 e. The third-order valence-corrected chi connectivity index (χ3v) is 3.43. The molecule has 0 bridgehead atoms. The molecule has 0 spiro atoms. The minimum absolute atomic E-state index is 0. The largest absolute Gasteiger partial charge is 0.506 e. The lowest BCUT2D eigenvalue weighted by Gasteiger charge is -2.15. The number of hydrogen-bond donors (Lipinski definition) is 2. The number of carbonyl (C=O) groups is 1. The highest BCUT2D eigenvalue weighted by Crippen LogP contribution is 2.37. The lowest BCUT2D eigenvalue weighted by molar-refractivity contribution is -0.141. The van der Waals surface area contributed by atoms with Gasteiger partial charge in [-0.15, -0.1) is 12.4 Å². The number of nitrogens with two attached hydrogens (primary N) is 1. The number of hydrogen-bond acceptors (Lipinski definition) is 4. The normalized spacial score (nSPS) is 11.5. The van der Waals surface area contributed by atoms with Crippen molar-refractivity contribution in [3.8, 4) is 5.75 Å². The number of halogens is 3.